The molecule has 0 aliphatic carbocycles. The molecule has 1 aromatic carbocycles. The second-order valence-corrected chi connectivity index (χ2v) is 7.21. The van der Waals surface area contributed by atoms with Gasteiger partial charge in [-0.05, 0) is 44.0 Å². The lowest BCUT2D eigenvalue weighted by Gasteiger charge is -2.30. The first-order valence-corrected chi connectivity index (χ1v) is 9.54. The number of amides is 1. The fourth-order valence-corrected chi connectivity index (χ4v) is 3.48. The predicted molar refractivity (Wildman–Crippen MR) is 105 cm³/mol. The van der Waals surface area contributed by atoms with E-state index in [0.29, 0.717) is 35.4 Å². The maximum Gasteiger partial charge on any atom is 0.415 e. The normalized spacial score (nSPS) is 14.9. The second kappa shape index (κ2) is 7.98. The van der Waals surface area contributed by atoms with E-state index < -0.39 is 0 Å². The van der Waals surface area contributed by atoms with E-state index in [9.17, 15) is 4.79 Å². The molecule has 4 rings (SSSR count). The van der Waals surface area contributed by atoms with E-state index in [1.54, 1.807) is 23.2 Å². The van der Waals surface area contributed by atoms with Crippen LogP contribution < -0.4 is 4.74 Å². The minimum absolute atomic E-state index is 0.226. The summed E-state index contributed by atoms with van der Waals surface area (Å²) in [6, 6.07) is 11.0. The molecule has 0 bridgehead atoms. The average molecular weight is 398 g/mol. The Balaban J connectivity index is 1.37. The van der Waals surface area contributed by atoms with Crippen molar-refractivity contribution in [1.29, 1.82) is 0 Å². The van der Waals surface area contributed by atoms with Crippen LogP contribution in [0.1, 0.15) is 30.3 Å². The van der Waals surface area contributed by atoms with Crippen LogP contribution in [0.2, 0.25) is 5.02 Å². The van der Waals surface area contributed by atoms with Gasteiger partial charge in [-0.15, -0.1) is 0 Å². The van der Waals surface area contributed by atoms with Gasteiger partial charge in [0, 0.05) is 35.8 Å². The molecular formula is C20H20ClN5O2. The first-order valence-electron chi connectivity index (χ1n) is 9.17. The largest absolute Gasteiger partial charge is 0.415 e. The van der Waals surface area contributed by atoms with Crippen molar-refractivity contribution in [3.05, 3.63) is 59.1 Å². The SMILES string of the molecule is Cc1ncccc1OC(=O)N1CCC(c2nc(-c3cccc(Cl)c3)n[nH]2)CC1. The lowest BCUT2D eigenvalue weighted by atomic mass is 9.96. The summed E-state index contributed by atoms with van der Waals surface area (Å²) in [6.45, 7) is 3.03. The van der Waals surface area contributed by atoms with Crippen LogP contribution in [0, 0.1) is 6.92 Å². The number of H-pyrrole nitrogens is 1. The zero-order valence-electron chi connectivity index (χ0n) is 15.4. The highest BCUT2D eigenvalue weighted by Gasteiger charge is 2.27. The van der Waals surface area contributed by atoms with Crippen molar-refractivity contribution in [3.63, 3.8) is 0 Å². The molecule has 8 heteroatoms. The van der Waals surface area contributed by atoms with Gasteiger partial charge in [-0.25, -0.2) is 9.78 Å². The molecule has 7 nitrogen and oxygen atoms in total. The summed E-state index contributed by atoms with van der Waals surface area (Å²) < 4.78 is 5.47. The molecule has 144 valence electrons. The Morgan fingerprint density at radius 1 is 1.25 bits per heavy atom. The molecule has 2 aromatic heterocycles. The standard InChI is InChI=1S/C20H20ClN5O2/c1-13-17(6-3-9-22-13)28-20(27)26-10-7-14(8-11-26)18-23-19(25-24-18)15-4-2-5-16(21)12-15/h2-6,9,12,14H,7-8,10-11H2,1H3,(H,23,24,25). The molecule has 0 atom stereocenters. The highest BCUT2D eigenvalue weighted by Crippen LogP contribution is 2.28. The van der Waals surface area contributed by atoms with E-state index in [-0.39, 0.29) is 12.0 Å². The van der Waals surface area contributed by atoms with Crippen molar-refractivity contribution in [2.24, 2.45) is 0 Å². The number of hydrogen-bond donors (Lipinski definition) is 1. The number of rotatable bonds is 3. The van der Waals surface area contributed by atoms with Crippen molar-refractivity contribution in [1.82, 2.24) is 25.1 Å². The highest BCUT2D eigenvalue weighted by molar-refractivity contribution is 6.30. The zero-order chi connectivity index (χ0) is 19.5. The van der Waals surface area contributed by atoms with Crippen LogP contribution in [0.3, 0.4) is 0 Å². The van der Waals surface area contributed by atoms with Gasteiger partial charge in [0.1, 0.15) is 5.82 Å². The summed E-state index contributed by atoms with van der Waals surface area (Å²) in [5.74, 6) is 2.19. The molecule has 1 aliphatic rings. The maximum atomic E-state index is 12.4. The molecule has 1 amide bonds. The number of piperidine rings is 1. The zero-order valence-corrected chi connectivity index (χ0v) is 16.2. The van der Waals surface area contributed by atoms with E-state index >= 15 is 0 Å². The highest BCUT2D eigenvalue weighted by atomic mass is 35.5. The number of pyridine rings is 1. The Bertz CT molecular complexity index is 982. The van der Waals surface area contributed by atoms with Crippen LogP contribution in [-0.2, 0) is 0 Å². The van der Waals surface area contributed by atoms with Crippen LogP contribution in [-0.4, -0.2) is 44.2 Å². The fourth-order valence-electron chi connectivity index (χ4n) is 3.29. The Morgan fingerprint density at radius 2 is 2.07 bits per heavy atom. The Labute approximate surface area is 167 Å². The Kier molecular flexibility index (Phi) is 5.25. The second-order valence-electron chi connectivity index (χ2n) is 6.77. The van der Waals surface area contributed by atoms with Crippen LogP contribution >= 0.6 is 11.6 Å². The molecule has 3 aromatic rings. The third-order valence-electron chi connectivity index (χ3n) is 4.88. The van der Waals surface area contributed by atoms with Gasteiger partial charge in [-0.2, -0.15) is 5.10 Å². The van der Waals surface area contributed by atoms with Gasteiger partial charge < -0.3 is 9.64 Å². The summed E-state index contributed by atoms with van der Waals surface area (Å²) in [4.78, 5) is 22.9. The first kappa shape index (κ1) is 18.4. The van der Waals surface area contributed by atoms with E-state index in [0.717, 1.165) is 24.2 Å². The Hall–Kier alpha value is -2.93. The molecule has 0 unspecified atom stereocenters. The Morgan fingerprint density at radius 3 is 2.82 bits per heavy atom. The average Bonchev–Trinajstić information content (AvgIpc) is 3.20. The number of aromatic amines is 1. The number of hydrogen-bond acceptors (Lipinski definition) is 5. The lowest BCUT2D eigenvalue weighted by Crippen LogP contribution is -2.39. The number of aryl methyl sites for hydroxylation is 1. The van der Waals surface area contributed by atoms with Gasteiger partial charge in [0.25, 0.3) is 0 Å². The monoisotopic (exact) mass is 397 g/mol. The number of nitrogens with one attached hydrogen (secondary N) is 1. The third kappa shape index (κ3) is 3.99. The van der Waals surface area contributed by atoms with E-state index in [2.05, 4.69) is 20.2 Å². The smallest absolute Gasteiger partial charge is 0.408 e. The van der Waals surface area contributed by atoms with Gasteiger partial charge in [0.05, 0.1) is 5.69 Å². The fraction of sp³-hybridized carbons (Fsp3) is 0.300. The molecule has 0 radical (unpaired) electrons. The van der Waals surface area contributed by atoms with Crippen molar-refractivity contribution >= 4 is 17.7 Å². The molecule has 1 fully saturated rings. The van der Waals surface area contributed by atoms with Crippen molar-refractivity contribution < 1.29 is 9.53 Å². The number of carbonyl (C=O) groups excluding carboxylic acids is 1. The molecular weight excluding hydrogens is 378 g/mol. The van der Waals surface area contributed by atoms with Crippen molar-refractivity contribution in [3.8, 4) is 17.1 Å². The van der Waals surface area contributed by atoms with Crippen LogP contribution in [0.25, 0.3) is 11.4 Å². The van der Waals surface area contributed by atoms with E-state index in [1.165, 1.54) is 0 Å². The minimum atomic E-state index is -0.341. The van der Waals surface area contributed by atoms with Gasteiger partial charge in [-0.1, -0.05) is 23.7 Å². The molecule has 1 saturated heterocycles. The molecule has 3 heterocycles. The number of likely N-dealkylation sites (tertiary alicyclic amines) is 1. The van der Waals surface area contributed by atoms with Gasteiger partial charge in [0.15, 0.2) is 11.6 Å². The van der Waals surface area contributed by atoms with Crippen LogP contribution in [0.5, 0.6) is 5.75 Å². The summed E-state index contributed by atoms with van der Waals surface area (Å²) in [5.41, 5.74) is 1.57. The van der Waals surface area contributed by atoms with Gasteiger partial charge in [-0.3, -0.25) is 10.1 Å². The summed E-state index contributed by atoms with van der Waals surface area (Å²) in [6.07, 6.45) is 2.93. The summed E-state index contributed by atoms with van der Waals surface area (Å²) in [5, 5.41) is 8.01. The molecule has 1 N–H and O–H groups in total. The topological polar surface area (TPSA) is 84.0 Å². The van der Waals surface area contributed by atoms with E-state index in [1.807, 2.05) is 31.2 Å². The number of aromatic nitrogens is 4. The third-order valence-corrected chi connectivity index (χ3v) is 5.12. The van der Waals surface area contributed by atoms with E-state index in [4.69, 9.17) is 16.3 Å². The van der Waals surface area contributed by atoms with Gasteiger partial charge >= 0.3 is 6.09 Å². The molecule has 0 spiro atoms. The molecule has 0 saturated carbocycles. The maximum absolute atomic E-state index is 12.4. The number of halogens is 1. The number of nitrogens with zero attached hydrogens (tertiary/aromatic N) is 4. The molecule has 1 aliphatic heterocycles. The van der Waals surface area contributed by atoms with Crippen LogP contribution in [0.4, 0.5) is 4.79 Å². The predicted octanol–water partition coefficient (Wildman–Crippen LogP) is 4.21. The lowest BCUT2D eigenvalue weighted by molar-refractivity contribution is 0.137. The van der Waals surface area contributed by atoms with Crippen molar-refractivity contribution in [2.45, 2.75) is 25.7 Å². The van der Waals surface area contributed by atoms with Gasteiger partial charge in [0.2, 0.25) is 0 Å². The quantitative estimate of drug-likeness (QED) is 0.715. The van der Waals surface area contributed by atoms with Crippen LogP contribution in [0.15, 0.2) is 42.6 Å². The number of benzene rings is 1. The van der Waals surface area contributed by atoms with Crippen molar-refractivity contribution in [2.75, 3.05) is 13.1 Å². The number of ether oxygens (including phenoxy) is 1. The first-order chi connectivity index (χ1) is 13.6. The summed E-state index contributed by atoms with van der Waals surface area (Å²) in [7, 11) is 0. The summed E-state index contributed by atoms with van der Waals surface area (Å²) >= 11 is 6.04. The molecule has 28 heavy (non-hydrogen) atoms. The minimum Gasteiger partial charge on any atom is -0.408 e. The number of carbonyl (C=O) groups is 1.